The van der Waals surface area contributed by atoms with E-state index in [-0.39, 0.29) is 12.3 Å². The van der Waals surface area contributed by atoms with Gasteiger partial charge in [0.15, 0.2) is 11.5 Å². The van der Waals surface area contributed by atoms with E-state index in [9.17, 15) is 10.1 Å². The topological polar surface area (TPSA) is 70.8 Å². The van der Waals surface area contributed by atoms with Crippen LogP contribution in [0.2, 0.25) is 0 Å². The van der Waals surface area contributed by atoms with Gasteiger partial charge in [-0.25, -0.2) is 0 Å². The predicted molar refractivity (Wildman–Crippen MR) is 66.1 cm³/mol. The molecule has 1 aromatic rings. The number of nitro groups is 1. The second kappa shape index (κ2) is 6.61. The molecule has 0 spiro atoms. The Kier molecular flexibility index (Phi) is 5.13. The summed E-state index contributed by atoms with van der Waals surface area (Å²) >= 11 is 0. The molecule has 0 fully saturated rings. The van der Waals surface area contributed by atoms with Crippen molar-refractivity contribution in [3.05, 3.63) is 40.5 Å². The Hall–Kier alpha value is -2.08. The average Bonchev–Trinajstić information content (AvgIpc) is 2.38. The summed E-state index contributed by atoms with van der Waals surface area (Å²) < 4.78 is 15.3. The Bertz CT molecular complexity index is 444. The largest absolute Gasteiger partial charge is 0.493 e. The maximum absolute atomic E-state index is 11.0. The lowest BCUT2D eigenvalue weighted by Crippen LogP contribution is -2.01. The number of benzene rings is 1. The SMILES string of the molecule is C=CCOCc1cc(OC)c(OC)cc1[N+](=O)[O-]. The summed E-state index contributed by atoms with van der Waals surface area (Å²) in [6, 6.07) is 2.87. The Morgan fingerprint density at radius 2 is 1.94 bits per heavy atom. The maximum atomic E-state index is 11.0. The average molecular weight is 253 g/mol. The molecular weight excluding hydrogens is 238 g/mol. The lowest BCUT2D eigenvalue weighted by Gasteiger charge is -2.10. The van der Waals surface area contributed by atoms with Gasteiger partial charge < -0.3 is 14.2 Å². The first-order chi connectivity index (χ1) is 8.63. The highest BCUT2D eigenvalue weighted by atomic mass is 16.6. The van der Waals surface area contributed by atoms with Crippen LogP contribution >= 0.6 is 0 Å². The molecule has 0 N–H and O–H groups in total. The number of ether oxygens (including phenoxy) is 3. The molecule has 0 aliphatic heterocycles. The second-order valence-electron chi connectivity index (χ2n) is 3.40. The molecule has 98 valence electrons. The highest BCUT2D eigenvalue weighted by molar-refractivity contribution is 5.54. The molecule has 0 aromatic heterocycles. The van der Waals surface area contributed by atoms with Gasteiger partial charge in [0.25, 0.3) is 5.69 Å². The van der Waals surface area contributed by atoms with Crippen molar-refractivity contribution in [2.75, 3.05) is 20.8 Å². The van der Waals surface area contributed by atoms with Crippen LogP contribution in [0.4, 0.5) is 5.69 Å². The van der Waals surface area contributed by atoms with E-state index < -0.39 is 4.92 Å². The number of hydrogen-bond acceptors (Lipinski definition) is 5. The van der Waals surface area contributed by atoms with Gasteiger partial charge in [0.2, 0.25) is 0 Å². The standard InChI is InChI=1S/C12H15NO5/c1-4-5-18-8-9-6-11(16-2)12(17-3)7-10(9)13(14)15/h4,6-7H,1,5,8H2,2-3H3. The Labute approximate surface area is 105 Å². The van der Waals surface area contributed by atoms with E-state index in [2.05, 4.69) is 6.58 Å². The summed E-state index contributed by atoms with van der Waals surface area (Å²) in [5.74, 6) is 0.747. The quantitative estimate of drug-likeness (QED) is 0.323. The molecule has 0 saturated heterocycles. The molecule has 0 bridgehead atoms. The molecule has 0 saturated carbocycles. The lowest BCUT2D eigenvalue weighted by atomic mass is 10.1. The van der Waals surface area contributed by atoms with Crippen LogP contribution in [0.25, 0.3) is 0 Å². The maximum Gasteiger partial charge on any atom is 0.278 e. The van der Waals surface area contributed by atoms with E-state index >= 15 is 0 Å². The van der Waals surface area contributed by atoms with Gasteiger partial charge >= 0.3 is 0 Å². The van der Waals surface area contributed by atoms with Crippen molar-refractivity contribution in [2.24, 2.45) is 0 Å². The monoisotopic (exact) mass is 253 g/mol. The molecule has 6 nitrogen and oxygen atoms in total. The first-order valence-electron chi connectivity index (χ1n) is 5.22. The van der Waals surface area contributed by atoms with Crippen molar-refractivity contribution in [3.8, 4) is 11.5 Å². The van der Waals surface area contributed by atoms with E-state index in [0.29, 0.717) is 23.7 Å². The minimum Gasteiger partial charge on any atom is -0.493 e. The van der Waals surface area contributed by atoms with Gasteiger partial charge in [-0.15, -0.1) is 6.58 Å². The number of nitrogens with zero attached hydrogens (tertiary/aromatic N) is 1. The predicted octanol–water partition coefficient (Wildman–Crippen LogP) is 2.31. The van der Waals surface area contributed by atoms with Crippen molar-refractivity contribution >= 4 is 5.69 Å². The molecule has 18 heavy (non-hydrogen) atoms. The fraction of sp³-hybridized carbons (Fsp3) is 0.333. The summed E-state index contributed by atoms with van der Waals surface area (Å²) in [5, 5.41) is 11.0. The molecule has 0 atom stereocenters. The van der Waals surface area contributed by atoms with E-state index in [0.717, 1.165) is 0 Å². The third-order valence-corrected chi connectivity index (χ3v) is 2.27. The van der Waals surface area contributed by atoms with Crippen molar-refractivity contribution in [3.63, 3.8) is 0 Å². The zero-order valence-corrected chi connectivity index (χ0v) is 10.3. The van der Waals surface area contributed by atoms with E-state index in [1.165, 1.54) is 20.3 Å². The Morgan fingerprint density at radius 3 is 2.44 bits per heavy atom. The van der Waals surface area contributed by atoms with Crippen molar-refractivity contribution in [1.29, 1.82) is 0 Å². The lowest BCUT2D eigenvalue weighted by molar-refractivity contribution is -0.386. The third-order valence-electron chi connectivity index (χ3n) is 2.27. The molecule has 0 unspecified atom stereocenters. The molecule has 6 heteroatoms. The van der Waals surface area contributed by atoms with E-state index in [1.54, 1.807) is 12.1 Å². The van der Waals surface area contributed by atoms with Crippen molar-refractivity contribution < 1.29 is 19.1 Å². The summed E-state index contributed by atoms with van der Waals surface area (Å²) in [4.78, 5) is 10.5. The fourth-order valence-electron chi connectivity index (χ4n) is 1.45. The molecule has 1 rings (SSSR count). The molecule has 1 aromatic carbocycles. The molecule has 0 aliphatic rings. The number of hydrogen-bond donors (Lipinski definition) is 0. The van der Waals surface area contributed by atoms with Crippen LogP contribution in [0.15, 0.2) is 24.8 Å². The van der Waals surface area contributed by atoms with Crippen molar-refractivity contribution in [1.82, 2.24) is 0 Å². The molecular formula is C12H15NO5. The number of methoxy groups -OCH3 is 2. The minimum absolute atomic E-state index is 0.0586. The van der Waals surface area contributed by atoms with Gasteiger partial charge in [0.05, 0.1) is 44.0 Å². The number of rotatable bonds is 7. The van der Waals surface area contributed by atoms with Gasteiger partial charge in [0, 0.05) is 0 Å². The van der Waals surface area contributed by atoms with Gasteiger partial charge in [-0.3, -0.25) is 10.1 Å². The molecule has 0 amide bonds. The van der Waals surface area contributed by atoms with Gasteiger partial charge in [0.1, 0.15) is 0 Å². The summed E-state index contributed by atoms with van der Waals surface area (Å²) in [6.07, 6.45) is 1.58. The molecule has 0 radical (unpaired) electrons. The minimum atomic E-state index is -0.478. The first kappa shape index (κ1) is 14.0. The summed E-state index contributed by atoms with van der Waals surface area (Å²) in [5.41, 5.74) is 0.371. The Balaban J connectivity index is 3.11. The van der Waals surface area contributed by atoms with Gasteiger partial charge in [-0.2, -0.15) is 0 Å². The van der Waals surface area contributed by atoms with Gasteiger partial charge in [-0.05, 0) is 6.07 Å². The highest BCUT2D eigenvalue weighted by Gasteiger charge is 2.19. The van der Waals surface area contributed by atoms with Crippen molar-refractivity contribution in [2.45, 2.75) is 6.61 Å². The molecule has 0 heterocycles. The van der Waals surface area contributed by atoms with Crippen LogP contribution in [0.3, 0.4) is 0 Å². The van der Waals surface area contributed by atoms with Crippen LogP contribution in [0.5, 0.6) is 11.5 Å². The van der Waals surface area contributed by atoms with E-state index in [4.69, 9.17) is 14.2 Å². The molecule has 0 aliphatic carbocycles. The fourth-order valence-corrected chi connectivity index (χ4v) is 1.45. The van der Waals surface area contributed by atoms with Gasteiger partial charge in [-0.1, -0.05) is 6.08 Å². The zero-order valence-electron chi connectivity index (χ0n) is 10.3. The summed E-state index contributed by atoms with van der Waals surface area (Å²) in [7, 11) is 2.90. The Morgan fingerprint density at radius 1 is 1.33 bits per heavy atom. The third kappa shape index (κ3) is 3.21. The highest BCUT2D eigenvalue weighted by Crippen LogP contribution is 2.34. The van der Waals surface area contributed by atoms with Crippen LogP contribution in [0.1, 0.15) is 5.56 Å². The number of nitro benzene ring substituents is 1. The summed E-state index contributed by atoms with van der Waals surface area (Å²) in [6.45, 7) is 3.95. The van der Waals surface area contributed by atoms with Crippen LogP contribution < -0.4 is 9.47 Å². The second-order valence-corrected chi connectivity index (χ2v) is 3.40. The van der Waals surface area contributed by atoms with E-state index in [1.807, 2.05) is 0 Å². The smallest absolute Gasteiger partial charge is 0.278 e. The van der Waals surface area contributed by atoms with Crippen LogP contribution in [-0.2, 0) is 11.3 Å². The first-order valence-corrected chi connectivity index (χ1v) is 5.22. The normalized spacial score (nSPS) is 9.89. The van der Waals surface area contributed by atoms with Crippen LogP contribution in [-0.4, -0.2) is 25.7 Å². The van der Waals surface area contributed by atoms with Crippen LogP contribution in [0, 0.1) is 10.1 Å². The zero-order chi connectivity index (χ0) is 13.5.